The molecule has 0 spiro atoms. The second kappa shape index (κ2) is 5.52. The largest absolute Gasteiger partial charge is 0.461 e. The second-order valence-corrected chi connectivity index (χ2v) is 4.82. The van der Waals surface area contributed by atoms with E-state index >= 15 is 0 Å². The summed E-state index contributed by atoms with van der Waals surface area (Å²) in [4.78, 5) is 0. The average Bonchev–Trinajstić information content (AvgIpc) is 3.07. The van der Waals surface area contributed by atoms with Crippen LogP contribution in [-0.4, -0.2) is 20.6 Å². The second-order valence-electron chi connectivity index (χ2n) is 3.95. The normalized spacial score (nSPS) is 10.7. The lowest BCUT2D eigenvalue weighted by atomic mass is 10.2. The van der Waals surface area contributed by atoms with Gasteiger partial charge in [0.25, 0.3) is 0 Å². The van der Waals surface area contributed by atoms with E-state index in [2.05, 4.69) is 25.9 Å². The molecule has 0 saturated carbocycles. The van der Waals surface area contributed by atoms with Crippen molar-refractivity contribution >= 4 is 29.2 Å². The number of nitrogens with one attached hydrogen (secondary N) is 1. The van der Waals surface area contributed by atoms with Crippen LogP contribution in [-0.2, 0) is 6.54 Å². The standard InChI is InChI=1S/C12H8Cl2N5O/c13-8-3-7(4-9(14)5-8)11-2-1-10(20-11)6-15-12-16-18-19-17-12/h1-5H,6H2,(H-,15,16,17,18,19)/q-1. The molecule has 3 aromatic rings. The Balaban J connectivity index is 1.76. The van der Waals surface area contributed by atoms with Crippen molar-refractivity contribution < 1.29 is 4.42 Å². The summed E-state index contributed by atoms with van der Waals surface area (Å²) in [5, 5.41) is 18.4. The third kappa shape index (κ3) is 2.92. The fourth-order valence-electron chi connectivity index (χ4n) is 1.69. The maximum Gasteiger partial charge on any atom is 0.134 e. The number of furan rings is 1. The Labute approximate surface area is 124 Å². The van der Waals surface area contributed by atoms with Gasteiger partial charge in [0, 0.05) is 22.2 Å². The van der Waals surface area contributed by atoms with Crippen molar-refractivity contribution in [3.63, 3.8) is 0 Å². The number of rotatable bonds is 4. The first kappa shape index (κ1) is 13.0. The Morgan fingerprint density at radius 1 is 1.15 bits per heavy atom. The van der Waals surface area contributed by atoms with Crippen LogP contribution in [0.4, 0.5) is 5.95 Å². The third-order valence-corrected chi connectivity index (χ3v) is 2.96. The van der Waals surface area contributed by atoms with E-state index in [1.54, 1.807) is 18.2 Å². The van der Waals surface area contributed by atoms with Crippen molar-refractivity contribution in [2.24, 2.45) is 0 Å². The van der Waals surface area contributed by atoms with Crippen LogP contribution in [0.3, 0.4) is 0 Å². The van der Waals surface area contributed by atoms with Crippen molar-refractivity contribution in [3.05, 3.63) is 51.5 Å². The Kier molecular flexibility index (Phi) is 3.58. The molecule has 0 unspecified atom stereocenters. The van der Waals surface area contributed by atoms with Gasteiger partial charge in [-0.1, -0.05) is 23.2 Å². The number of H-pyrrole nitrogens is 1. The highest BCUT2D eigenvalue weighted by atomic mass is 35.5. The molecule has 1 N–H and O–H groups in total. The van der Waals surface area contributed by atoms with Crippen molar-refractivity contribution in [2.75, 3.05) is 0 Å². The van der Waals surface area contributed by atoms with Crippen LogP contribution in [0, 0.1) is 0 Å². The van der Waals surface area contributed by atoms with Gasteiger partial charge in [-0.15, -0.1) is 5.21 Å². The topological polar surface area (TPSA) is 81.7 Å². The van der Waals surface area contributed by atoms with Gasteiger partial charge in [-0.2, -0.15) is 0 Å². The summed E-state index contributed by atoms with van der Waals surface area (Å²) in [6.45, 7) is 0.327. The molecule has 0 radical (unpaired) electrons. The third-order valence-electron chi connectivity index (χ3n) is 2.52. The van der Waals surface area contributed by atoms with Crippen molar-refractivity contribution in [2.45, 2.75) is 6.54 Å². The van der Waals surface area contributed by atoms with Gasteiger partial charge in [-0.3, -0.25) is 15.4 Å². The molecule has 0 amide bonds. The van der Waals surface area contributed by atoms with Gasteiger partial charge >= 0.3 is 0 Å². The molecule has 2 heterocycles. The zero-order valence-corrected chi connectivity index (χ0v) is 11.6. The molecule has 0 fully saturated rings. The highest BCUT2D eigenvalue weighted by molar-refractivity contribution is 6.35. The molecule has 1 aromatic carbocycles. The van der Waals surface area contributed by atoms with E-state index in [0.717, 1.165) is 5.56 Å². The van der Waals surface area contributed by atoms with Crippen LogP contribution >= 0.6 is 23.2 Å². The number of hydrogen-bond acceptors (Lipinski definition) is 4. The van der Waals surface area contributed by atoms with Crippen molar-refractivity contribution in [1.82, 2.24) is 20.6 Å². The molecule has 0 bridgehead atoms. The number of tetrazole rings is 1. The van der Waals surface area contributed by atoms with E-state index in [0.29, 0.717) is 28.1 Å². The first-order chi connectivity index (χ1) is 9.70. The highest BCUT2D eigenvalue weighted by Gasteiger charge is 2.06. The van der Waals surface area contributed by atoms with Gasteiger partial charge in [0.1, 0.15) is 11.5 Å². The first-order valence-electron chi connectivity index (χ1n) is 5.67. The number of aromatic nitrogens is 4. The van der Waals surface area contributed by atoms with Crippen LogP contribution in [0.5, 0.6) is 0 Å². The van der Waals surface area contributed by atoms with Gasteiger partial charge in [0.2, 0.25) is 0 Å². The molecule has 0 aliphatic heterocycles. The number of aromatic amines is 1. The minimum absolute atomic E-state index is 0.286. The zero-order chi connectivity index (χ0) is 13.9. The summed E-state index contributed by atoms with van der Waals surface area (Å²) < 4.78 is 5.68. The van der Waals surface area contributed by atoms with E-state index in [1.807, 2.05) is 12.1 Å². The summed E-state index contributed by atoms with van der Waals surface area (Å²) in [5.74, 6) is 1.64. The number of halogens is 2. The van der Waals surface area contributed by atoms with Crippen molar-refractivity contribution in [1.29, 1.82) is 0 Å². The minimum Gasteiger partial charge on any atom is -0.461 e. The van der Waals surface area contributed by atoms with Gasteiger partial charge in [-0.05, 0) is 30.3 Å². The van der Waals surface area contributed by atoms with Crippen molar-refractivity contribution in [3.8, 4) is 11.3 Å². The van der Waals surface area contributed by atoms with Gasteiger partial charge < -0.3 is 9.73 Å². The Morgan fingerprint density at radius 2 is 1.95 bits per heavy atom. The molecule has 2 aromatic heterocycles. The average molecular weight is 309 g/mol. The van der Waals surface area contributed by atoms with E-state index in [1.165, 1.54) is 0 Å². The monoisotopic (exact) mass is 308 g/mol. The molecule has 0 aliphatic rings. The number of hydrogen-bond donors (Lipinski definition) is 1. The molecule has 20 heavy (non-hydrogen) atoms. The fraction of sp³-hybridized carbons (Fsp3) is 0.0833. The number of benzene rings is 1. The van der Waals surface area contributed by atoms with E-state index in [-0.39, 0.29) is 5.95 Å². The highest BCUT2D eigenvalue weighted by Crippen LogP contribution is 2.29. The molecule has 0 atom stereocenters. The maximum absolute atomic E-state index is 5.96. The van der Waals surface area contributed by atoms with E-state index < -0.39 is 0 Å². The van der Waals surface area contributed by atoms with Crippen LogP contribution in [0.25, 0.3) is 16.6 Å². The SMILES string of the molecule is Clc1cc(Cl)cc(-c2ccc(C[N-]c3nn[nH]n3)o2)c1. The molecular formula is C12H8Cl2N5O-. The molecule has 0 saturated heterocycles. The summed E-state index contributed by atoms with van der Waals surface area (Å²) in [7, 11) is 0. The van der Waals surface area contributed by atoms with Crippen LogP contribution in [0.2, 0.25) is 10.0 Å². The summed E-state index contributed by atoms with van der Waals surface area (Å²) in [6, 6.07) is 8.90. The quantitative estimate of drug-likeness (QED) is 0.790. The maximum atomic E-state index is 5.96. The van der Waals surface area contributed by atoms with Gasteiger partial charge in [0.15, 0.2) is 0 Å². The molecule has 0 aliphatic carbocycles. The Hall–Kier alpha value is -2.05. The minimum atomic E-state index is 0.286. The van der Waals surface area contributed by atoms with Gasteiger partial charge in [-0.25, -0.2) is 0 Å². The fourth-order valence-corrected chi connectivity index (χ4v) is 2.21. The Bertz CT molecular complexity index is 690. The smallest absolute Gasteiger partial charge is 0.134 e. The first-order valence-corrected chi connectivity index (χ1v) is 6.42. The molecule has 102 valence electrons. The lowest BCUT2D eigenvalue weighted by Crippen LogP contribution is -1.80. The van der Waals surface area contributed by atoms with E-state index in [4.69, 9.17) is 27.6 Å². The molecular weight excluding hydrogens is 301 g/mol. The van der Waals surface area contributed by atoms with Crippen LogP contribution < -0.4 is 0 Å². The molecule has 8 heteroatoms. The predicted octanol–water partition coefficient (Wildman–Crippen LogP) is 3.97. The molecule has 6 nitrogen and oxygen atoms in total. The summed E-state index contributed by atoms with van der Waals surface area (Å²) in [5.41, 5.74) is 0.813. The Morgan fingerprint density at radius 3 is 2.65 bits per heavy atom. The zero-order valence-electron chi connectivity index (χ0n) is 10.0. The molecule has 3 rings (SSSR count). The van der Waals surface area contributed by atoms with Crippen LogP contribution in [0.1, 0.15) is 5.76 Å². The lowest BCUT2D eigenvalue weighted by molar-refractivity contribution is 0.534. The summed E-state index contributed by atoms with van der Waals surface area (Å²) in [6.07, 6.45) is 0. The van der Waals surface area contributed by atoms with E-state index in [9.17, 15) is 0 Å². The predicted molar refractivity (Wildman–Crippen MR) is 75.1 cm³/mol. The van der Waals surface area contributed by atoms with Crippen LogP contribution in [0.15, 0.2) is 34.7 Å². The number of nitrogens with zero attached hydrogens (tertiary/aromatic N) is 4. The summed E-state index contributed by atoms with van der Waals surface area (Å²) >= 11 is 11.9. The van der Waals surface area contributed by atoms with Gasteiger partial charge in [0.05, 0.1) is 5.95 Å². The lowest BCUT2D eigenvalue weighted by Gasteiger charge is -2.04.